The Morgan fingerprint density at radius 2 is 1.74 bits per heavy atom. The van der Waals surface area contributed by atoms with Crippen LogP contribution in [0.1, 0.15) is 28.8 Å². The standard InChI is InChI=1S/C23H25N5O3/c1-30-21-10-8-17(13-22(21)31-2)19(12-16-6-4-3-5-7-16)24-14-20(29)18-9-11-23-25-26-27-28(23)15-18/h3-11,13,15,19-20,24,29H,12,14H2,1-2H3/t19?,20-/m0/s1. The zero-order chi connectivity index (χ0) is 21.6. The number of hydrogen-bond donors (Lipinski definition) is 2. The highest BCUT2D eigenvalue weighted by atomic mass is 16.5. The number of ether oxygens (including phenoxy) is 2. The fraction of sp³-hybridized carbons (Fsp3) is 0.261. The lowest BCUT2D eigenvalue weighted by Crippen LogP contribution is -2.28. The van der Waals surface area contributed by atoms with Crippen molar-refractivity contribution in [3.05, 3.63) is 83.6 Å². The number of pyridine rings is 1. The van der Waals surface area contributed by atoms with Gasteiger partial charge in [-0.3, -0.25) is 0 Å². The normalized spacial score (nSPS) is 13.1. The number of aliphatic hydroxyl groups is 1. The van der Waals surface area contributed by atoms with Gasteiger partial charge in [0, 0.05) is 24.3 Å². The summed E-state index contributed by atoms with van der Waals surface area (Å²) in [5, 5.41) is 25.7. The molecule has 0 spiro atoms. The van der Waals surface area contributed by atoms with Gasteiger partial charge in [-0.05, 0) is 46.2 Å². The molecule has 2 aromatic carbocycles. The molecule has 0 radical (unpaired) electrons. The number of methoxy groups -OCH3 is 2. The summed E-state index contributed by atoms with van der Waals surface area (Å²) in [6.45, 7) is 0.361. The first kappa shape index (κ1) is 20.8. The van der Waals surface area contributed by atoms with E-state index in [4.69, 9.17) is 9.47 Å². The number of aliphatic hydroxyl groups excluding tert-OH is 1. The van der Waals surface area contributed by atoms with Crippen molar-refractivity contribution < 1.29 is 14.6 Å². The van der Waals surface area contributed by atoms with E-state index in [1.165, 1.54) is 5.56 Å². The second-order valence-corrected chi connectivity index (χ2v) is 7.22. The average molecular weight is 419 g/mol. The van der Waals surface area contributed by atoms with Crippen LogP contribution >= 0.6 is 0 Å². The minimum Gasteiger partial charge on any atom is -0.493 e. The first-order valence-electron chi connectivity index (χ1n) is 10.0. The predicted octanol–water partition coefficient (Wildman–Crippen LogP) is 2.75. The highest BCUT2D eigenvalue weighted by Gasteiger charge is 2.18. The summed E-state index contributed by atoms with van der Waals surface area (Å²) in [6, 6.07) is 19.7. The van der Waals surface area contributed by atoms with Crippen LogP contribution in [0.15, 0.2) is 66.9 Å². The molecule has 0 fully saturated rings. The molecule has 8 heteroatoms. The molecule has 2 aromatic heterocycles. The highest BCUT2D eigenvalue weighted by molar-refractivity contribution is 5.44. The van der Waals surface area contributed by atoms with Gasteiger partial charge in [0.2, 0.25) is 0 Å². The lowest BCUT2D eigenvalue weighted by Gasteiger charge is -2.23. The SMILES string of the molecule is COc1ccc(C(Cc2ccccc2)NC[C@H](O)c2ccc3nnnn3c2)cc1OC. The van der Waals surface area contributed by atoms with Gasteiger partial charge in [0.15, 0.2) is 17.1 Å². The molecule has 0 saturated heterocycles. The van der Waals surface area contributed by atoms with Gasteiger partial charge in [-0.15, -0.1) is 5.10 Å². The maximum Gasteiger partial charge on any atom is 0.179 e. The molecular formula is C23H25N5O3. The number of aromatic nitrogens is 4. The van der Waals surface area contributed by atoms with Crippen molar-refractivity contribution in [3.63, 3.8) is 0 Å². The summed E-state index contributed by atoms with van der Waals surface area (Å²) in [4.78, 5) is 0. The van der Waals surface area contributed by atoms with Crippen molar-refractivity contribution in [1.29, 1.82) is 0 Å². The van der Waals surface area contributed by atoms with Gasteiger partial charge in [0.1, 0.15) is 0 Å². The Balaban J connectivity index is 1.55. The van der Waals surface area contributed by atoms with Crippen LogP contribution in [0.5, 0.6) is 11.5 Å². The molecule has 0 aliphatic heterocycles. The molecule has 8 nitrogen and oxygen atoms in total. The third kappa shape index (κ3) is 4.82. The topological polar surface area (TPSA) is 93.8 Å². The molecule has 2 atom stereocenters. The number of fused-ring (bicyclic) bond motifs is 1. The Morgan fingerprint density at radius 3 is 2.52 bits per heavy atom. The summed E-state index contributed by atoms with van der Waals surface area (Å²) < 4.78 is 12.4. The molecule has 2 N–H and O–H groups in total. The van der Waals surface area contributed by atoms with Crippen LogP contribution in [-0.2, 0) is 6.42 Å². The zero-order valence-electron chi connectivity index (χ0n) is 17.5. The largest absolute Gasteiger partial charge is 0.493 e. The molecule has 0 aliphatic rings. The van der Waals surface area contributed by atoms with Crippen molar-refractivity contribution in [2.24, 2.45) is 0 Å². The van der Waals surface area contributed by atoms with E-state index >= 15 is 0 Å². The van der Waals surface area contributed by atoms with E-state index in [0.717, 1.165) is 17.5 Å². The minimum atomic E-state index is -0.716. The first-order chi connectivity index (χ1) is 15.2. The Bertz CT molecular complexity index is 1130. The Morgan fingerprint density at radius 1 is 0.968 bits per heavy atom. The summed E-state index contributed by atoms with van der Waals surface area (Å²) >= 11 is 0. The fourth-order valence-corrected chi connectivity index (χ4v) is 3.55. The quantitative estimate of drug-likeness (QED) is 0.431. The maximum atomic E-state index is 10.8. The molecular weight excluding hydrogens is 394 g/mol. The van der Waals surface area contributed by atoms with Crippen molar-refractivity contribution in [3.8, 4) is 11.5 Å². The first-order valence-corrected chi connectivity index (χ1v) is 10.0. The number of nitrogens with zero attached hydrogens (tertiary/aromatic N) is 4. The minimum absolute atomic E-state index is 0.0337. The van der Waals surface area contributed by atoms with Crippen molar-refractivity contribution >= 4 is 5.65 Å². The van der Waals surface area contributed by atoms with E-state index in [-0.39, 0.29) is 6.04 Å². The molecule has 0 amide bonds. The number of nitrogens with one attached hydrogen (secondary N) is 1. The van der Waals surface area contributed by atoms with E-state index in [1.54, 1.807) is 31.0 Å². The monoisotopic (exact) mass is 419 g/mol. The zero-order valence-corrected chi connectivity index (χ0v) is 17.5. The Hall–Kier alpha value is -3.49. The second-order valence-electron chi connectivity index (χ2n) is 7.22. The van der Waals surface area contributed by atoms with Gasteiger partial charge in [0.05, 0.1) is 20.3 Å². The van der Waals surface area contributed by atoms with E-state index < -0.39 is 6.10 Å². The number of rotatable bonds is 9. The van der Waals surface area contributed by atoms with Gasteiger partial charge in [0.25, 0.3) is 0 Å². The van der Waals surface area contributed by atoms with Crippen LogP contribution in [0, 0.1) is 0 Å². The molecule has 4 aromatic rings. The molecule has 1 unspecified atom stereocenters. The highest BCUT2D eigenvalue weighted by Crippen LogP contribution is 2.31. The molecule has 160 valence electrons. The van der Waals surface area contributed by atoms with Gasteiger partial charge in [-0.1, -0.05) is 42.5 Å². The lowest BCUT2D eigenvalue weighted by molar-refractivity contribution is 0.169. The maximum absolute atomic E-state index is 10.8. The third-order valence-corrected chi connectivity index (χ3v) is 5.25. The van der Waals surface area contributed by atoms with Crippen molar-refractivity contribution in [2.45, 2.75) is 18.6 Å². The van der Waals surface area contributed by atoms with E-state index in [0.29, 0.717) is 23.7 Å². The van der Waals surface area contributed by atoms with Gasteiger partial charge < -0.3 is 19.9 Å². The van der Waals surface area contributed by atoms with Gasteiger partial charge >= 0.3 is 0 Å². The average Bonchev–Trinajstić information content (AvgIpc) is 3.29. The Kier molecular flexibility index (Phi) is 6.40. The van der Waals surface area contributed by atoms with Crippen molar-refractivity contribution in [1.82, 2.24) is 25.4 Å². The summed E-state index contributed by atoms with van der Waals surface area (Å²) in [5.41, 5.74) is 3.61. The predicted molar refractivity (Wildman–Crippen MR) is 116 cm³/mol. The van der Waals surface area contributed by atoms with Gasteiger partial charge in [-0.25, -0.2) is 4.52 Å². The van der Waals surface area contributed by atoms with Crippen LogP contribution < -0.4 is 14.8 Å². The van der Waals surface area contributed by atoms with Crippen LogP contribution in [0.2, 0.25) is 0 Å². The van der Waals surface area contributed by atoms with Crippen LogP contribution in [0.4, 0.5) is 0 Å². The number of tetrazole rings is 1. The summed E-state index contributed by atoms with van der Waals surface area (Å²) in [6.07, 6.45) is 1.78. The van der Waals surface area contributed by atoms with E-state index in [9.17, 15) is 5.11 Å². The van der Waals surface area contributed by atoms with E-state index in [2.05, 4.69) is 33.0 Å². The fourth-order valence-electron chi connectivity index (χ4n) is 3.55. The van der Waals surface area contributed by atoms with Crippen LogP contribution in [0.25, 0.3) is 5.65 Å². The number of benzene rings is 2. The molecule has 0 bridgehead atoms. The van der Waals surface area contributed by atoms with Crippen LogP contribution in [-0.4, -0.2) is 45.9 Å². The molecule has 0 saturated carbocycles. The van der Waals surface area contributed by atoms with Crippen molar-refractivity contribution in [2.75, 3.05) is 20.8 Å². The third-order valence-electron chi connectivity index (χ3n) is 5.25. The van der Waals surface area contributed by atoms with Gasteiger partial charge in [-0.2, -0.15) is 0 Å². The smallest absolute Gasteiger partial charge is 0.179 e. The molecule has 0 aliphatic carbocycles. The molecule has 2 heterocycles. The summed E-state index contributed by atoms with van der Waals surface area (Å²) in [7, 11) is 3.25. The summed E-state index contributed by atoms with van der Waals surface area (Å²) in [5.74, 6) is 1.35. The number of hydrogen-bond acceptors (Lipinski definition) is 7. The second kappa shape index (κ2) is 9.55. The van der Waals surface area contributed by atoms with Crippen LogP contribution in [0.3, 0.4) is 0 Å². The molecule has 4 rings (SSSR count). The molecule has 31 heavy (non-hydrogen) atoms. The Labute approximate surface area is 180 Å². The lowest BCUT2D eigenvalue weighted by atomic mass is 9.98. The van der Waals surface area contributed by atoms with E-state index in [1.807, 2.05) is 42.5 Å².